The Morgan fingerprint density at radius 3 is 2.79 bits per heavy atom. The first kappa shape index (κ1) is 24.4. The second kappa shape index (κ2) is 8.83. The van der Waals surface area contributed by atoms with Crippen LogP contribution in [0.4, 0.5) is 5.95 Å². The molecule has 4 aromatic rings. The molecular weight excluding hydrogens is 482 g/mol. The number of fused-ring (bicyclic) bond motifs is 2. The molecule has 2 aliphatic rings. The molecule has 0 radical (unpaired) electrons. The van der Waals surface area contributed by atoms with Gasteiger partial charge in [-0.3, -0.25) is 18.8 Å². The van der Waals surface area contributed by atoms with Gasteiger partial charge >= 0.3 is 0 Å². The first-order valence-corrected chi connectivity index (χ1v) is 13.1. The summed E-state index contributed by atoms with van der Waals surface area (Å²) in [5.41, 5.74) is 4.05. The highest BCUT2D eigenvalue weighted by molar-refractivity contribution is 5.97. The summed E-state index contributed by atoms with van der Waals surface area (Å²) in [4.78, 5) is 37.9. The molecule has 0 saturated carbocycles. The quantitative estimate of drug-likeness (QED) is 0.423. The number of β-amino-alcohol motifs (C(OH)–C–C–N with tert-alkyl or cyclic N) is 1. The molecule has 1 amide bonds. The number of anilines is 1. The minimum atomic E-state index is -0.439. The number of hydrogen-bond acceptors (Lipinski definition) is 6. The summed E-state index contributed by atoms with van der Waals surface area (Å²) in [5.74, 6) is 0.654. The molecule has 198 valence electrons. The molecule has 10 nitrogen and oxygen atoms in total. The summed E-state index contributed by atoms with van der Waals surface area (Å²) in [6.45, 7) is 10.2. The van der Waals surface area contributed by atoms with Crippen molar-refractivity contribution >= 4 is 22.8 Å². The minimum absolute atomic E-state index is 0.0489. The summed E-state index contributed by atoms with van der Waals surface area (Å²) in [6.07, 6.45) is 5.70. The van der Waals surface area contributed by atoms with Crippen molar-refractivity contribution < 1.29 is 9.90 Å². The van der Waals surface area contributed by atoms with E-state index in [0.717, 1.165) is 27.6 Å². The summed E-state index contributed by atoms with van der Waals surface area (Å²) in [7, 11) is 0. The molecule has 1 atom stereocenters. The normalized spacial score (nSPS) is 18.6. The van der Waals surface area contributed by atoms with Crippen molar-refractivity contribution in [1.29, 1.82) is 0 Å². The Kier molecular flexibility index (Phi) is 5.68. The smallest absolute Gasteiger partial charge is 0.255 e. The van der Waals surface area contributed by atoms with E-state index in [4.69, 9.17) is 4.98 Å². The van der Waals surface area contributed by atoms with Crippen molar-refractivity contribution in [2.24, 2.45) is 0 Å². The average Bonchev–Trinajstić information content (AvgIpc) is 3.63. The number of nitrogens with one attached hydrogen (secondary N) is 1. The van der Waals surface area contributed by atoms with Gasteiger partial charge in [-0.15, -0.1) is 0 Å². The molecule has 1 fully saturated rings. The second-order valence-corrected chi connectivity index (χ2v) is 11.3. The molecule has 38 heavy (non-hydrogen) atoms. The topological polar surface area (TPSA) is 112 Å². The van der Waals surface area contributed by atoms with Crippen LogP contribution in [0, 0.1) is 0 Å². The highest BCUT2D eigenvalue weighted by Gasteiger charge is 2.39. The largest absolute Gasteiger partial charge is 0.391 e. The number of aromatic nitrogens is 5. The molecule has 10 heteroatoms. The fraction of sp³-hybridized carbons (Fsp3) is 0.429. The van der Waals surface area contributed by atoms with Crippen LogP contribution in [-0.2, 0) is 17.9 Å². The number of amides is 1. The summed E-state index contributed by atoms with van der Waals surface area (Å²) >= 11 is 0. The number of aromatic amines is 1. The Morgan fingerprint density at radius 1 is 1.24 bits per heavy atom. The van der Waals surface area contributed by atoms with Crippen LogP contribution in [0.1, 0.15) is 34.1 Å². The highest BCUT2D eigenvalue weighted by atomic mass is 16.3. The van der Waals surface area contributed by atoms with Crippen molar-refractivity contribution in [3.05, 3.63) is 53.2 Å². The van der Waals surface area contributed by atoms with Gasteiger partial charge in [0.25, 0.3) is 5.56 Å². The van der Waals surface area contributed by atoms with Crippen LogP contribution in [0.5, 0.6) is 0 Å². The summed E-state index contributed by atoms with van der Waals surface area (Å²) < 4.78 is 3.40. The van der Waals surface area contributed by atoms with Crippen molar-refractivity contribution in [3.8, 4) is 22.4 Å². The number of aliphatic hydroxyl groups excluding tert-OH is 1. The lowest BCUT2D eigenvalue weighted by Gasteiger charge is -2.35. The maximum absolute atomic E-state index is 13.1. The Morgan fingerprint density at radius 2 is 2.05 bits per heavy atom. The van der Waals surface area contributed by atoms with Crippen LogP contribution >= 0.6 is 0 Å². The average molecular weight is 516 g/mol. The van der Waals surface area contributed by atoms with Crippen LogP contribution in [0.25, 0.3) is 33.3 Å². The number of carbonyl (C=O) groups is 1. The third-order valence-corrected chi connectivity index (χ3v) is 7.65. The van der Waals surface area contributed by atoms with E-state index in [1.807, 2.05) is 24.5 Å². The van der Waals surface area contributed by atoms with E-state index in [-0.39, 0.29) is 29.6 Å². The van der Waals surface area contributed by atoms with Crippen LogP contribution in [-0.4, -0.2) is 71.0 Å². The monoisotopic (exact) mass is 515 g/mol. The predicted molar refractivity (Wildman–Crippen MR) is 146 cm³/mol. The van der Waals surface area contributed by atoms with Gasteiger partial charge in [0, 0.05) is 59.6 Å². The van der Waals surface area contributed by atoms with E-state index in [2.05, 4.69) is 48.7 Å². The molecule has 0 spiro atoms. The standard InChI is InChI=1S/C28H33N7O3/c1-17(2)35-27-31-24(10-25(37)34(27)16-28(35,3)4)22-12-29-23-6-5-18(9-21(22)23)19-11-30-33(13-19)15-26(38)32-8-7-20(36)14-32/h5-6,9-13,17,20,29,36H,7-8,14-16H2,1-4H3/t20-/m0/s1. The van der Waals surface area contributed by atoms with Crippen molar-refractivity contribution in [1.82, 2.24) is 29.2 Å². The Hall–Kier alpha value is -3.92. The van der Waals surface area contributed by atoms with Gasteiger partial charge in [0.1, 0.15) is 6.54 Å². The molecule has 5 heterocycles. The predicted octanol–water partition coefficient (Wildman–Crippen LogP) is 2.86. The lowest BCUT2D eigenvalue weighted by Crippen LogP contribution is -2.45. The highest BCUT2D eigenvalue weighted by Crippen LogP contribution is 2.36. The zero-order valence-corrected chi connectivity index (χ0v) is 22.2. The van der Waals surface area contributed by atoms with Crippen LogP contribution in [0.3, 0.4) is 0 Å². The van der Waals surface area contributed by atoms with Gasteiger partial charge in [0.05, 0.1) is 30.1 Å². The Balaban J connectivity index is 1.32. The molecule has 0 unspecified atom stereocenters. The number of rotatable bonds is 5. The molecule has 3 aromatic heterocycles. The van der Waals surface area contributed by atoms with Gasteiger partial charge < -0.3 is 19.9 Å². The van der Waals surface area contributed by atoms with Gasteiger partial charge in [-0.25, -0.2) is 4.98 Å². The number of likely N-dealkylation sites (tertiary alicyclic amines) is 1. The first-order valence-electron chi connectivity index (χ1n) is 13.1. The fourth-order valence-corrected chi connectivity index (χ4v) is 5.95. The summed E-state index contributed by atoms with van der Waals surface area (Å²) in [6, 6.07) is 7.91. The Labute approximate surface area is 220 Å². The second-order valence-electron chi connectivity index (χ2n) is 11.3. The van der Waals surface area contributed by atoms with Crippen molar-refractivity contribution in [3.63, 3.8) is 0 Å². The zero-order valence-electron chi connectivity index (χ0n) is 22.2. The number of benzene rings is 1. The first-order chi connectivity index (χ1) is 18.1. The zero-order chi connectivity index (χ0) is 26.8. The number of nitrogens with zero attached hydrogens (tertiary/aromatic N) is 6. The van der Waals surface area contributed by atoms with Crippen molar-refractivity contribution in [2.75, 3.05) is 18.0 Å². The van der Waals surface area contributed by atoms with E-state index in [1.165, 1.54) is 0 Å². The summed E-state index contributed by atoms with van der Waals surface area (Å²) in [5, 5.41) is 15.1. The lowest BCUT2D eigenvalue weighted by molar-refractivity contribution is -0.131. The molecule has 2 N–H and O–H groups in total. The Bertz CT molecular complexity index is 1600. The molecule has 0 bridgehead atoms. The van der Waals surface area contributed by atoms with Gasteiger partial charge in [-0.05, 0) is 51.8 Å². The van der Waals surface area contributed by atoms with E-state index in [9.17, 15) is 14.7 Å². The molecule has 6 rings (SSSR count). The molecule has 1 saturated heterocycles. The van der Waals surface area contributed by atoms with E-state index in [1.54, 1.807) is 26.4 Å². The number of carbonyl (C=O) groups excluding carboxylic acids is 1. The van der Waals surface area contributed by atoms with E-state index in [0.29, 0.717) is 37.7 Å². The van der Waals surface area contributed by atoms with Crippen LogP contribution < -0.4 is 10.5 Å². The van der Waals surface area contributed by atoms with Gasteiger partial charge in [-0.2, -0.15) is 5.10 Å². The molecular formula is C28H33N7O3. The third kappa shape index (κ3) is 4.09. The molecule has 2 aliphatic heterocycles. The van der Waals surface area contributed by atoms with Crippen LogP contribution in [0.15, 0.2) is 47.7 Å². The van der Waals surface area contributed by atoms with E-state index >= 15 is 0 Å². The minimum Gasteiger partial charge on any atom is -0.391 e. The molecule has 0 aliphatic carbocycles. The van der Waals surface area contributed by atoms with Gasteiger partial charge in [0.15, 0.2) is 0 Å². The van der Waals surface area contributed by atoms with E-state index < -0.39 is 6.10 Å². The number of hydrogen-bond donors (Lipinski definition) is 2. The fourth-order valence-electron chi connectivity index (χ4n) is 5.95. The van der Waals surface area contributed by atoms with Gasteiger partial charge in [0.2, 0.25) is 11.9 Å². The maximum atomic E-state index is 13.1. The SMILES string of the molecule is CC(C)N1c2nc(-c3c[nH]c4ccc(-c5cnn(CC(=O)N6CC[C@H](O)C6)c5)cc34)cc(=O)n2CC1(C)C. The van der Waals surface area contributed by atoms with Gasteiger partial charge in [-0.1, -0.05) is 6.07 Å². The maximum Gasteiger partial charge on any atom is 0.255 e. The van der Waals surface area contributed by atoms with Crippen LogP contribution in [0.2, 0.25) is 0 Å². The van der Waals surface area contributed by atoms with Crippen molar-refractivity contribution in [2.45, 2.75) is 64.9 Å². The lowest BCUT2D eigenvalue weighted by atomic mass is 10.0. The number of aliphatic hydroxyl groups is 1. The molecule has 1 aromatic carbocycles. The number of H-pyrrole nitrogens is 1. The third-order valence-electron chi connectivity index (χ3n) is 7.65.